The second-order valence-corrected chi connectivity index (χ2v) is 21.2. The quantitative estimate of drug-likeness (QED) is 0.0953. The average molecular weight is 779 g/mol. The van der Waals surface area contributed by atoms with Crippen molar-refractivity contribution in [1.82, 2.24) is 4.90 Å². The number of methoxy groups -OCH3 is 1. The first-order valence-electron chi connectivity index (χ1n) is 19.9. The van der Waals surface area contributed by atoms with Gasteiger partial charge in [-0.15, -0.1) is 0 Å². The largest absolute Gasteiger partial charge is 0.497 e. The van der Waals surface area contributed by atoms with Crippen molar-refractivity contribution in [2.75, 3.05) is 42.8 Å². The van der Waals surface area contributed by atoms with Crippen LogP contribution < -0.4 is 25.9 Å². The Hall–Kier alpha value is -4.71. The Morgan fingerprint density at radius 1 is 1.05 bits per heavy atom. The van der Waals surface area contributed by atoms with E-state index in [0.717, 1.165) is 37.1 Å². The molecule has 0 unspecified atom stereocenters. The molecule has 3 aliphatic rings. The zero-order valence-electron chi connectivity index (χ0n) is 33.9. The molecule has 3 amide bonds. The van der Waals surface area contributed by atoms with Crippen molar-refractivity contribution in [1.29, 1.82) is 0 Å². The van der Waals surface area contributed by atoms with Crippen molar-refractivity contribution in [2.24, 2.45) is 5.92 Å². The number of amides is 3. The van der Waals surface area contributed by atoms with Crippen molar-refractivity contribution in [3.63, 3.8) is 0 Å². The molecule has 6 rings (SSSR count). The Morgan fingerprint density at radius 3 is 2.43 bits per heavy atom. The van der Waals surface area contributed by atoms with Crippen molar-refractivity contribution in [3.05, 3.63) is 101 Å². The van der Waals surface area contributed by atoms with Crippen LogP contribution in [0, 0.1) is 5.92 Å². The van der Waals surface area contributed by atoms with Crippen LogP contribution >= 0.6 is 0 Å². The lowest BCUT2D eigenvalue weighted by Crippen LogP contribution is -2.52. The maximum Gasteiger partial charge on any atom is 0.264 e. The normalized spacial score (nSPS) is 23.4. The standard InChI is InChI=1S/C45H58N4O6Si/c1-29(2)10-8-11-30(3)23-25-49-39-22-17-34(47-43(52)32-13-15-33(46)16-14-32)26-38(39)45(44(49)53)31(4)42(56(6,7)37-20-18-36(54-5)19-21-37)40(55-45)27-41(51)48-24-9-12-35(48)28-50/h10,13-23,26,31,35,40,42,50H,8-9,11-12,24-25,27-28,46H2,1-7H3,(H,47,52)/b30-23+/t31-,35-,40+,42-,45+/m0/s1. The fourth-order valence-electron chi connectivity index (χ4n) is 9.19. The molecule has 56 heavy (non-hydrogen) atoms. The first-order valence-corrected chi connectivity index (χ1v) is 22.9. The predicted molar refractivity (Wildman–Crippen MR) is 226 cm³/mol. The van der Waals surface area contributed by atoms with Gasteiger partial charge in [-0.05, 0) is 107 Å². The van der Waals surface area contributed by atoms with Gasteiger partial charge in [-0.1, -0.05) is 60.6 Å². The van der Waals surface area contributed by atoms with E-state index in [0.29, 0.717) is 35.6 Å². The molecule has 10 nitrogen and oxygen atoms in total. The van der Waals surface area contributed by atoms with Gasteiger partial charge >= 0.3 is 0 Å². The third kappa shape index (κ3) is 7.94. The van der Waals surface area contributed by atoms with E-state index >= 15 is 4.79 Å². The summed E-state index contributed by atoms with van der Waals surface area (Å²) in [6.07, 6.45) is 7.26. The summed E-state index contributed by atoms with van der Waals surface area (Å²) in [5, 5.41) is 14.3. The van der Waals surface area contributed by atoms with Gasteiger partial charge < -0.3 is 35.4 Å². The van der Waals surface area contributed by atoms with Crippen LogP contribution in [0.5, 0.6) is 5.75 Å². The number of hydrogen-bond donors (Lipinski definition) is 3. The van der Waals surface area contributed by atoms with Crippen LogP contribution in [0.1, 0.15) is 75.7 Å². The van der Waals surface area contributed by atoms with E-state index < -0.39 is 19.8 Å². The molecule has 0 radical (unpaired) electrons. The molecule has 0 aromatic heterocycles. The summed E-state index contributed by atoms with van der Waals surface area (Å²) in [6, 6.07) is 20.3. The van der Waals surface area contributed by atoms with Crippen LogP contribution in [0.2, 0.25) is 18.6 Å². The van der Waals surface area contributed by atoms with E-state index in [2.05, 4.69) is 70.4 Å². The highest BCUT2D eigenvalue weighted by Gasteiger charge is 2.66. The number of hydrogen-bond acceptors (Lipinski definition) is 7. The van der Waals surface area contributed by atoms with Gasteiger partial charge in [0, 0.05) is 41.5 Å². The minimum Gasteiger partial charge on any atom is -0.497 e. The summed E-state index contributed by atoms with van der Waals surface area (Å²) < 4.78 is 12.8. The minimum atomic E-state index is -2.52. The first-order chi connectivity index (χ1) is 26.7. The van der Waals surface area contributed by atoms with Gasteiger partial charge in [0.05, 0.1) is 46.0 Å². The summed E-state index contributed by atoms with van der Waals surface area (Å²) in [4.78, 5) is 46.5. The molecule has 4 N–H and O–H groups in total. The predicted octanol–water partition coefficient (Wildman–Crippen LogP) is 7.16. The van der Waals surface area contributed by atoms with Crippen molar-refractivity contribution in [2.45, 2.75) is 96.2 Å². The van der Waals surface area contributed by atoms with Gasteiger partial charge in [0.25, 0.3) is 11.8 Å². The highest BCUT2D eigenvalue weighted by Crippen LogP contribution is 2.60. The molecule has 3 aromatic carbocycles. The molecule has 11 heteroatoms. The second-order valence-electron chi connectivity index (χ2n) is 16.5. The monoisotopic (exact) mass is 778 g/mol. The summed E-state index contributed by atoms with van der Waals surface area (Å²) in [5.41, 5.74) is 9.76. The van der Waals surface area contributed by atoms with Crippen LogP contribution in [0.25, 0.3) is 0 Å². The Balaban J connectivity index is 1.44. The number of nitrogens with one attached hydrogen (secondary N) is 1. The summed E-state index contributed by atoms with van der Waals surface area (Å²) in [7, 11) is -0.876. The molecule has 0 saturated carbocycles. The number of aliphatic hydroxyl groups excluding tert-OH is 1. The number of carbonyl (C=O) groups excluding carboxylic acids is 3. The second kappa shape index (κ2) is 16.8. The zero-order chi connectivity index (χ0) is 40.4. The van der Waals surface area contributed by atoms with Gasteiger partial charge in [-0.25, -0.2) is 0 Å². The van der Waals surface area contributed by atoms with Crippen LogP contribution in [-0.4, -0.2) is 74.8 Å². The van der Waals surface area contributed by atoms with Crippen molar-refractivity contribution >= 4 is 48.0 Å². The Kier molecular flexibility index (Phi) is 12.3. The van der Waals surface area contributed by atoms with E-state index in [4.69, 9.17) is 15.2 Å². The van der Waals surface area contributed by atoms with Crippen molar-refractivity contribution in [3.8, 4) is 5.75 Å². The van der Waals surface area contributed by atoms with Gasteiger partial charge in [-0.2, -0.15) is 0 Å². The average Bonchev–Trinajstić information content (AvgIpc) is 3.84. The number of nitrogens with zero attached hydrogens (tertiary/aromatic N) is 2. The number of rotatable bonds is 13. The number of nitrogen functional groups attached to an aromatic ring is 1. The molecule has 1 spiro atoms. The van der Waals surface area contributed by atoms with E-state index in [9.17, 15) is 14.7 Å². The third-order valence-corrected chi connectivity index (χ3v) is 16.6. The smallest absolute Gasteiger partial charge is 0.264 e. The summed E-state index contributed by atoms with van der Waals surface area (Å²) >= 11 is 0. The first kappa shape index (κ1) is 40.9. The molecule has 5 atom stereocenters. The molecule has 2 fully saturated rings. The highest BCUT2D eigenvalue weighted by atomic mass is 28.3. The van der Waals surface area contributed by atoms with E-state index in [-0.39, 0.29) is 48.3 Å². The van der Waals surface area contributed by atoms with E-state index in [1.54, 1.807) is 36.3 Å². The number of allylic oxidation sites excluding steroid dienone is 3. The molecular weight excluding hydrogens is 721 g/mol. The van der Waals surface area contributed by atoms with Gasteiger partial charge in [-0.3, -0.25) is 14.4 Å². The molecule has 0 bridgehead atoms. The highest BCUT2D eigenvalue weighted by molar-refractivity contribution is 6.91. The molecule has 298 valence electrons. The molecule has 2 saturated heterocycles. The lowest BCUT2D eigenvalue weighted by molar-refractivity contribution is -0.149. The Labute approximate surface area is 332 Å². The summed E-state index contributed by atoms with van der Waals surface area (Å²) in [6.45, 7) is 13.8. The number of ether oxygens (including phenoxy) is 2. The molecule has 3 heterocycles. The van der Waals surface area contributed by atoms with Crippen LogP contribution in [-0.2, 0) is 19.9 Å². The molecular formula is C45H58N4O6Si. The summed E-state index contributed by atoms with van der Waals surface area (Å²) in [5.74, 6) is -0.103. The maximum absolute atomic E-state index is 15.3. The number of nitrogens with two attached hydrogens (primary N) is 1. The lowest BCUT2D eigenvalue weighted by Gasteiger charge is -2.37. The molecule has 3 aliphatic heterocycles. The fraction of sp³-hybridized carbons (Fsp3) is 0.444. The lowest BCUT2D eigenvalue weighted by atomic mass is 9.82. The molecule has 0 aliphatic carbocycles. The minimum absolute atomic E-state index is 0.0673. The van der Waals surface area contributed by atoms with Crippen LogP contribution in [0.15, 0.2) is 90.0 Å². The molecule has 3 aromatic rings. The van der Waals surface area contributed by atoms with Crippen molar-refractivity contribution < 1.29 is 29.0 Å². The van der Waals surface area contributed by atoms with Gasteiger partial charge in [0.1, 0.15) is 5.75 Å². The number of aliphatic hydroxyl groups is 1. The van der Waals surface area contributed by atoms with Gasteiger partial charge in [0.15, 0.2) is 5.60 Å². The number of anilines is 3. The van der Waals surface area contributed by atoms with Crippen LogP contribution in [0.3, 0.4) is 0 Å². The third-order valence-electron chi connectivity index (χ3n) is 12.3. The van der Waals surface area contributed by atoms with E-state index in [1.807, 2.05) is 35.2 Å². The SMILES string of the molecule is COc1ccc([Si](C)(C)[C@@H]2[C@@H](CC(=O)N3CCC[C@H]3CO)O[C@]3(C(=O)N(C/C=C(\C)CCC=C(C)C)c4ccc(NC(=O)c5ccc(N)cc5)cc43)[C@H]2C)cc1. The topological polar surface area (TPSA) is 134 Å². The Bertz CT molecular complexity index is 1990. The Morgan fingerprint density at radius 2 is 1.77 bits per heavy atom. The zero-order valence-corrected chi connectivity index (χ0v) is 34.9. The number of likely N-dealkylation sites (tertiary alicyclic amines) is 1. The number of carbonyl (C=O) groups is 3. The number of benzene rings is 3. The van der Waals surface area contributed by atoms with E-state index in [1.165, 1.54) is 16.3 Å². The number of fused-ring (bicyclic) bond motifs is 2. The van der Waals surface area contributed by atoms with Crippen LogP contribution in [0.4, 0.5) is 17.1 Å². The van der Waals surface area contributed by atoms with Gasteiger partial charge in [0.2, 0.25) is 5.91 Å². The fourth-order valence-corrected chi connectivity index (χ4v) is 13.2. The maximum atomic E-state index is 15.3.